The zero-order chi connectivity index (χ0) is 17.5. The van der Waals surface area contributed by atoms with Crippen molar-refractivity contribution < 1.29 is 15.0 Å². The van der Waals surface area contributed by atoms with Crippen molar-refractivity contribution in [2.45, 2.75) is 0 Å². The van der Waals surface area contributed by atoms with Crippen molar-refractivity contribution in [2.75, 3.05) is 0 Å². The zero-order valence-corrected chi connectivity index (χ0v) is 13.9. The number of hydrogen-bond acceptors (Lipinski definition) is 4. The summed E-state index contributed by atoms with van der Waals surface area (Å²) >= 11 is 11.0. The number of para-hydroxylation sites is 1. The quantitative estimate of drug-likeness (QED) is 0.570. The number of ketones is 1. The summed E-state index contributed by atoms with van der Waals surface area (Å²) in [7, 11) is 0. The number of carbonyl (C=O) groups excluding carboxylic acids is 1. The molecular weight excluding hydrogens is 372 g/mol. The molecule has 4 nitrogen and oxygen atoms in total. The van der Waals surface area contributed by atoms with Crippen LogP contribution in [0.15, 0.2) is 71.8 Å². The van der Waals surface area contributed by atoms with E-state index in [0.29, 0.717) is 0 Å². The maximum absolute atomic E-state index is 10.8. The van der Waals surface area contributed by atoms with Crippen LogP contribution in [0.2, 0.25) is 10.0 Å². The van der Waals surface area contributed by atoms with E-state index in [4.69, 9.17) is 33.4 Å². The van der Waals surface area contributed by atoms with Crippen LogP contribution in [-0.2, 0) is 4.79 Å². The number of halogens is 2. The molecule has 0 unspecified atom stereocenters. The first-order valence-electron chi connectivity index (χ1n) is 6.86. The van der Waals surface area contributed by atoms with E-state index in [0.717, 1.165) is 11.4 Å². The molecule has 25 heavy (non-hydrogen) atoms. The predicted octanol–water partition coefficient (Wildman–Crippen LogP) is 4.21. The Hall–Kier alpha value is -1.56. The van der Waals surface area contributed by atoms with Crippen LogP contribution in [0, 0.1) is 0 Å². The Balaban J connectivity index is 0.000000270. The Morgan fingerprint density at radius 2 is 1.32 bits per heavy atom. The van der Waals surface area contributed by atoms with E-state index in [9.17, 15) is 4.79 Å². The van der Waals surface area contributed by atoms with E-state index >= 15 is 0 Å². The van der Waals surface area contributed by atoms with E-state index < -0.39 is 0 Å². The maximum atomic E-state index is 10.8. The summed E-state index contributed by atoms with van der Waals surface area (Å²) in [5.41, 5.74) is 1.46. The van der Waals surface area contributed by atoms with Crippen LogP contribution in [0.4, 0.5) is 5.69 Å². The van der Waals surface area contributed by atoms with Gasteiger partial charge in [-0.25, -0.2) is 4.99 Å². The van der Waals surface area contributed by atoms with Crippen molar-refractivity contribution >= 4 is 69.9 Å². The molecular formula is C18H14Cl2NNaO3. The summed E-state index contributed by atoms with van der Waals surface area (Å²) in [4.78, 5) is 15.1. The van der Waals surface area contributed by atoms with Gasteiger partial charge >= 0.3 is 29.6 Å². The van der Waals surface area contributed by atoms with Crippen LogP contribution in [-0.4, -0.2) is 51.3 Å². The van der Waals surface area contributed by atoms with Gasteiger partial charge in [-0.2, -0.15) is 0 Å². The molecule has 7 heteroatoms. The molecule has 0 radical (unpaired) electrons. The normalized spacial score (nSPS) is 12.1. The number of aliphatic imine (C=N–C) groups is 1. The third-order valence-corrected chi connectivity index (χ3v) is 3.49. The summed E-state index contributed by atoms with van der Waals surface area (Å²) in [6.07, 6.45) is 6.27. The second-order valence-electron chi connectivity index (χ2n) is 4.69. The number of rotatable bonds is 1. The summed E-state index contributed by atoms with van der Waals surface area (Å²) in [6.45, 7) is 0. The van der Waals surface area contributed by atoms with Gasteiger partial charge in [-0.3, -0.25) is 4.79 Å². The van der Waals surface area contributed by atoms with Crippen molar-refractivity contribution in [3.05, 3.63) is 76.8 Å². The summed E-state index contributed by atoms with van der Waals surface area (Å²) in [5.74, 6) is 0.129. The summed E-state index contributed by atoms with van der Waals surface area (Å²) < 4.78 is 0. The van der Waals surface area contributed by atoms with Gasteiger partial charge < -0.3 is 10.2 Å². The number of phenols is 2. The van der Waals surface area contributed by atoms with Crippen molar-refractivity contribution in [1.82, 2.24) is 0 Å². The second-order valence-corrected chi connectivity index (χ2v) is 5.51. The third-order valence-electron chi connectivity index (χ3n) is 2.88. The molecule has 0 saturated heterocycles. The van der Waals surface area contributed by atoms with Crippen LogP contribution in [0.3, 0.4) is 0 Å². The molecule has 0 aliphatic heterocycles. The van der Waals surface area contributed by atoms with Gasteiger partial charge in [0, 0.05) is 0 Å². The number of aromatic hydroxyl groups is 2. The van der Waals surface area contributed by atoms with E-state index in [2.05, 4.69) is 4.99 Å². The van der Waals surface area contributed by atoms with Gasteiger partial charge in [-0.05, 0) is 60.7 Å². The molecule has 0 saturated carbocycles. The number of hydrogen-bond donors (Lipinski definition) is 2. The van der Waals surface area contributed by atoms with Crippen molar-refractivity contribution in [3.63, 3.8) is 0 Å². The molecule has 2 aromatic rings. The van der Waals surface area contributed by atoms with Gasteiger partial charge in [0.15, 0.2) is 11.5 Å². The molecule has 0 bridgehead atoms. The molecule has 3 rings (SSSR count). The molecule has 2 N–H and O–H groups in total. The molecule has 124 valence electrons. The van der Waals surface area contributed by atoms with E-state index in [1.54, 1.807) is 54.6 Å². The number of benzene rings is 2. The number of carbonyl (C=O) groups is 1. The van der Waals surface area contributed by atoms with Crippen LogP contribution in [0.1, 0.15) is 0 Å². The van der Waals surface area contributed by atoms with Crippen LogP contribution < -0.4 is 0 Å². The fourth-order valence-electron chi connectivity index (χ4n) is 1.69. The Labute approximate surface area is 177 Å². The molecule has 0 aromatic heterocycles. The van der Waals surface area contributed by atoms with E-state index in [1.807, 2.05) is 0 Å². The first kappa shape index (κ1) is 21.5. The first-order chi connectivity index (χ1) is 11.5. The van der Waals surface area contributed by atoms with Crippen LogP contribution >= 0.6 is 23.2 Å². The summed E-state index contributed by atoms with van der Waals surface area (Å²) in [5, 5.41) is 18.6. The fourth-order valence-corrected chi connectivity index (χ4v) is 2.08. The number of allylic oxidation sites excluding steroid dienone is 4. The second kappa shape index (κ2) is 10.4. The van der Waals surface area contributed by atoms with Crippen molar-refractivity contribution in [3.8, 4) is 11.5 Å². The van der Waals surface area contributed by atoms with Crippen LogP contribution in [0.5, 0.6) is 11.5 Å². The van der Waals surface area contributed by atoms with Gasteiger partial charge in [0.25, 0.3) is 0 Å². The van der Waals surface area contributed by atoms with E-state index in [1.165, 1.54) is 12.2 Å². The van der Waals surface area contributed by atoms with Gasteiger partial charge in [-0.1, -0.05) is 29.3 Å². The molecule has 1 aliphatic carbocycles. The monoisotopic (exact) mass is 385 g/mol. The van der Waals surface area contributed by atoms with Gasteiger partial charge in [0.2, 0.25) is 0 Å². The molecule has 1 aliphatic rings. The minimum atomic E-state index is -0.0548. The molecule has 0 amide bonds. The molecule has 0 heterocycles. The number of phenolic OH excluding ortho intramolecular Hbond substituents is 2. The average molecular weight is 386 g/mol. The first-order valence-corrected chi connectivity index (χ1v) is 7.62. The average Bonchev–Trinajstić information content (AvgIpc) is 2.57. The third kappa shape index (κ3) is 7.06. The van der Waals surface area contributed by atoms with Crippen molar-refractivity contribution in [1.29, 1.82) is 0 Å². The SMILES string of the molecule is O=C1C=CC(=Nc2ccc(O)cc2)C=C1.Oc1c(Cl)cccc1Cl.[NaH]. The van der Waals surface area contributed by atoms with Gasteiger partial charge in [-0.15, -0.1) is 0 Å². The van der Waals surface area contributed by atoms with Gasteiger partial charge in [0.1, 0.15) is 5.75 Å². The zero-order valence-electron chi connectivity index (χ0n) is 12.4. The Morgan fingerprint density at radius 3 is 1.80 bits per heavy atom. The Morgan fingerprint density at radius 1 is 0.800 bits per heavy atom. The van der Waals surface area contributed by atoms with E-state index in [-0.39, 0.29) is 56.9 Å². The topological polar surface area (TPSA) is 69.9 Å². The predicted molar refractivity (Wildman–Crippen MR) is 104 cm³/mol. The Bertz CT molecular complexity index is 792. The summed E-state index contributed by atoms with van der Waals surface area (Å²) in [6, 6.07) is 11.4. The molecule has 0 fully saturated rings. The number of nitrogens with zero attached hydrogens (tertiary/aromatic N) is 1. The molecule has 0 atom stereocenters. The van der Waals surface area contributed by atoms with Crippen molar-refractivity contribution in [2.24, 2.45) is 4.99 Å². The minimum absolute atomic E-state index is 0. The fraction of sp³-hybridized carbons (Fsp3) is 0. The standard InChI is InChI=1S/C12H9NO2.C6H4Cl2O.Na.H/c14-11-5-1-9(2-6-11)13-10-3-7-12(15)8-4-10;7-4-2-1-3-5(8)6(4)9;;/h1-8,14H;1-3,9H;;. The Kier molecular flexibility index (Phi) is 8.97. The van der Waals surface area contributed by atoms with Crippen LogP contribution in [0.25, 0.3) is 0 Å². The van der Waals surface area contributed by atoms with Gasteiger partial charge in [0.05, 0.1) is 21.4 Å². The molecule has 0 spiro atoms. The molecule has 2 aromatic carbocycles.